The van der Waals surface area contributed by atoms with Crippen LogP contribution in [-0.2, 0) is 14.8 Å². The molecule has 19 heavy (non-hydrogen) atoms. The van der Waals surface area contributed by atoms with Crippen molar-refractivity contribution in [2.45, 2.75) is 24.2 Å². The standard InChI is InChI=1S/C10H11Br2NO4S2/c11-7-4-6(8(12)18-7)19(16,17)13-5-10(9(14)15)2-1-3-10/h4,13H,1-3,5H2,(H,14,15). The summed E-state index contributed by atoms with van der Waals surface area (Å²) in [5, 5.41) is 9.16. The molecule has 0 aliphatic heterocycles. The van der Waals surface area contributed by atoms with Crippen LogP contribution in [0, 0.1) is 5.41 Å². The van der Waals surface area contributed by atoms with Gasteiger partial charge in [0, 0.05) is 6.54 Å². The summed E-state index contributed by atoms with van der Waals surface area (Å²) in [6.45, 7) is -0.0649. The van der Waals surface area contributed by atoms with E-state index in [1.54, 1.807) is 0 Å². The maximum absolute atomic E-state index is 12.1. The summed E-state index contributed by atoms with van der Waals surface area (Å²) in [5.74, 6) is -0.938. The molecular formula is C10H11Br2NO4S2. The van der Waals surface area contributed by atoms with Gasteiger partial charge in [0.05, 0.1) is 13.0 Å². The fraction of sp³-hybridized carbons (Fsp3) is 0.500. The number of carboxylic acids is 1. The first-order valence-corrected chi connectivity index (χ1v) is 9.33. The second kappa shape index (κ2) is 5.44. The van der Waals surface area contributed by atoms with Crippen LogP contribution < -0.4 is 4.72 Å². The van der Waals surface area contributed by atoms with E-state index >= 15 is 0 Å². The summed E-state index contributed by atoms with van der Waals surface area (Å²) in [4.78, 5) is 11.3. The second-order valence-corrected chi connectivity index (χ2v) is 9.94. The zero-order chi connectivity index (χ0) is 14.3. The van der Waals surface area contributed by atoms with E-state index in [1.165, 1.54) is 17.4 Å². The van der Waals surface area contributed by atoms with Gasteiger partial charge in [-0.15, -0.1) is 11.3 Å². The normalized spacial score (nSPS) is 18.0. The summed E-state index contributed by atoms with van der Waals surface area (Å²) < 4.78 is 27.8. The van der Waals surface area contributed by atoms with Crippen LogP contribution in [-0.4, -0.2) is 26.0 Å². The molecule has 1 saturated carbocycles. The van der Waals surface area contributed by atoms with Gasteiger partial charge in [0.15, 0.2) is 0 Å². The van der Waals surface area contributed by atoms with Gasteiger partial charge < -0.3 is 5.11 Å². The third-order valence-corrected chi connectivity index (χ3v) is 7.44. The van der Waals surface area contributed by atoms with Crippen LogP contribution in [0.2, 0.25) is 0 Å². The quantitative estimate of drug-likeness (QED) is 0.749. The van der Waals surface area contributed by atoms with E-state index in [4.69, 9.17) is 5.11 Å². The number of halogens is 2. The van der Waals surface area contributed by atoms with Crippen LogP contribution in [0.15, 0.2) is 18.5 Å². The van der Waals surface area contributed by atoms with Crippen molar-refractivity contribution >= 4 is 59.2 Å². The van der Waals surface area contributed by atoms with E-state index in [9.17, 15) is 13.2 Å². The van der Waals surface area contributed by atoms with Crippen LogP contribution >= 0.6 is 43.2 Å². The molecule has 0 spiro atoms. The molecule has 0 unspecified atom stereocenters. The van der Waals surface area contributed by atoms with Crippen LogP contribution in [0.3, 0.4) is 0 Å². The predicted octanol–water partition coefficient (Wildman–Crippen LogP) is 2.81. The lowest BCUT2D eigenvalue weighted by molar-refractivity contribution is -0.153. The van der Waals surface area contributed by atoms with E-state index in [0.717, 1.165) is 6.42 Å². The molecule has 5 nitrogen and oxygen atoms in total. The highest BCUT2D eigenvalue weighted by atomic mass is 79.9. The number of aliphatic carboxylic acids is 1. The molecule has 0 saturated heterocycles. The second-order valence-electron chi connectivity index (χ2n) is 4.45. The third kappa shape index (κ3) is 3.05. The average Bonchev–Trinajstić information content (AvgIpc) is 2.56. The van der Waals surface area contributed by atoms with Crippen molar-refractivity contribution in [1.29, 1.82) is 0 Å². The first-order chi connectivity index (χ1) is 8.77. The minimum atomic E-state index is -3.69. The number of carboxylic acid groups (broad SMARTS) is 1. The lowest BCUT2D eigenvalue weighted by Crippen LogP contribution is -2.47. The van der Waals surface area contributed by atoms with Crippen molar-refractivity contribution in [3.63, 3.8) is 0 Å². The number of carbonyl (C=O) groups is 1. The number of thiophene rings is 1. The number of rotatable bonds is 5. The fourth-order valence-electron chi connectivity index (χ4n) is 1.89. The molecule has 0 aromatic carbocycles. The highest BCUT2D eigenvalue weighted by molar-refractivity contribution is 9.12. The molecule has 0 radical (unpaired) electrons. The number of nitrogens with one attached hydrogen (secondary N) is 1. The Morgan fingerprint density at radius 2 is 2.11 bits per heavy atom. The molecule has 2 N–H and O–H groups in total. The first kappa shape index (κ1) is 15.4. The van der Waals surface area contributed by atoms with Gasteiger partial charge >= 0.3 is 5.97 Å². The van der Waals surface area contributed by atoms with Gasteiger partial charge in [0.1, 0.15) is 4.90 Å². The Morgan fingerprint density at radius 3 is 2.47 bits per heavy atom. The Morgan fingerprint density at radius 1 is 1.47 bits per heavy atom. The summed E-state index contributed by atoms with van der Waals surface area (Å²) in [7, 11) is -3.69. The SMILES string of the molecule is O=C(O)C1(CNS(=O)(=O)c2cc(Br)sc2Br)CCC1. The Hall–Kier alpha value is 0.0400. The minimum Gasteiger partial charge on any atom is -0.481 e. The average molecular weight is 433 g/mol. The monoisotopic (exact) mass is 431 g/mol. The van der Waals surface area contributed by atoms with Crippen LogP contribution in [0.1, 0.15) is 19.3 Å². The lowest BCUT2D eigenvalue weighted by Gasteiger charge is -2.37. The summed E-state index contributed by atoms with van der Waals surface area (Å²) in [6.07, 6.45) is 1.85. The molecule has 0 amide bonds. The molecule has 106 valence electrons. The van der Waals surface area contributed by atoms with Crippen molar-refractivity contribution < 1.29 is 18.3 Å². The van der Waals surface area contributed by atoms with E-state index < -0.39 is 21.4 Å². The number of sulfonamides is 1. The van der Waals surface area contributed by atoms with E-state index in [0.29, 0.717) is 20.4 Å². The van der Waals surface area contributed by atoms with Crippen molar-refractivity contribution in [2.75, 3.05) is 6.54 Å². The smallest absolute Gasteiger partial charge is 0.310 e. The predicted molar refractivity (Wildman–Crippen MR) is 78.8 cm³/mol. The van der Waals surface area contributed by atoms with Gasteiger partial charge in [-0.2, -0.15) is 0 Å². The van der Waals surface area contributed by atoms with Crippen molar-refractivity contribution in [3.8, 4) is 0 Å². The number of hydrogen-bond acceptors (Lipinski definition) is 4. The molecule has 1 fully saturated rings. The zero-order valence-electron chi connectivity index (χ0n) is 9.65. The molecule has 1 aliphatic rings. The van der Waals surface area contributed by atoms with Crippen LogP contribution in [0.5, 0.6) is 0 Å². The van der Waals surface area contributed by atoms with Gasteiger partial charge in [-0.05, 0) is 50.8 Å². The molecule has 0 atom stereocenters. The third-order valence-electron chi connectivity index (χ3n) is 3.28. The Bertz CT molecular complexity index is 607. The number of hydrogen-bond donors (Lipinski definition) is 2. The Kier molecular flexibility index (Phi) is 4.41. The van der Waals surface area contributed by atoms with Crippen molar-refractivity contribution in [2.24, 2.45) is 5.41 Å². The highest BCUT2D eigenvalue weighted by Crippen LogP contribution is 2.41. The van der Waals surface area contributed by atoms with E-state index in [2.05, 4.69) is 36.6 Å². The summed E-state index contributed by atoms with van der Waals surface area (Å²) >= 11 is 7.66. The molecular weight excluding hydrogens is 422 g/mol. The van der Waals surface area contributed by atoms with Crippen LogP contribution in [0.25, 0.3) is 0 Å². The van der Waals surface area contributed by atoms with E-state index in [1.807, 2.05) is 0 Å². The zero-order valence-corrected chi connectivity index (χ0v) is 14.5. The van der Waals surface area contributed by atoms with Gasteiger partial charge in [0.2, 0.25) is 10.0 Å². The molecule has 1 aromatic rings. The maximum Gasteiger partial charge on any atom is 0.310 e. The van der Waals surface area contributed by atoms with Crippen LogP contribution in [0.4, 0.5) is 0 Å². The summed E-state index contributed by atoms with van der Waals surface area (Å²) in [5.41, 5.74) is -0.938. The van der Waals surface area contributed by atoms with Crippen molar-refractivity contribution in [3.05, 3.63) is 13.6 Å². The molecule has 1 heterocycles. The van der Waals surface area contributed by atoms with Gasteiger partial charge in [-0.3, -0.25) is 4.79 Å². The minimum absolute atomic E-state index is 0.0649. The Labute approximate surface area is 131 Å². The topological polar surface area (TPSA) is 83.5 Å². The van der Waals surface area contributed by atoms with Gasteiger partial charge in [0.25, 0.3) is 0 Å². The molecule has 0 bridgehead atoms. The molecule has 1 aromatic heterocycles. The van der Waals surface area contributed by atoms with Gasteiger partial charge in [-0.1, -0.05) is 6.42 Å². The highest BCUT2D eigenvalue weighted by Gasteiger charge is 2.45. The Balaban J connectivity index is 2.14. The van der Waals surface area contributed by atoms with E-state index in [-0.39, 0.29) is 11.4 Å². The van der Waals surface area contributed by atoms with Gasteiger partial charge in [-0.25, -0.2) is 13.1 Å². The molecule has 2 rings (SSSR count). The maximum atomic E-state index is 12.1. The largest absolute Gasteiger partial charge is 0.481 e. The fourth-order valence-corrected chi connectivity index (χ4v) is 6.83. The molecule has 9 heteroatoms. The summed E-state index contributed by atoms with van der Waals surface area (Å²) in [6, 6.07) is 1.49. The lowest BCUT2D eigenvalue weighted by atomic mass is 9.69. The van der Waals surface area contributed by atoms with Crippen molar-refractivity contribution in [1.82, 2.24) is 4.72 Å². The first-order valence-electron chi connectivity index (χ1n) is 5.45. The molecule has 1 aliphatic carbocycles.